The Labute approximate surface area is 203 Å². The Morgan fingerprint density at radius 3 is 2.39 bits per heavy atom. The summed E-state index contributed by atoms with van der Waals surface area (Å²) in [6, 6.07) is 19.1. The summed E-state index contributed by atoms with van der Waals surface area (Å²) < 4.78 is 33.3. The molecule has 0 atom stereocenters. The van der Waals surface area contributed by atoms with Gasteiger partial charge in [-0.15, -0.1) is 0 Å². The van der Waals surface area contributed by atoms with Gasteiger partial charge < -0.3 is 4.57 Å². The Balaban J connectivity index is 1.60. The number of imidazole rings is 1. The largest absolute Gasteiger partial charge is 0.330 e. The molecule has 0 unspecified atom stereocenters. The highest BCUT2D eigenvalue weighted by Gasteiger charge is 2.21. The van der Waals surface area contributed by atoms with E-state index in [-0.39, 0.29) is 17.4 Å². The minimum atomic E-state index is -1.10. The molecule has 0 aliphatic heterocycles. The summed E-state index contributed by atoms with van der Waals surface area (Å²) in [5.74, 6) is -1.25. The van der Waals surface area contributed by atoms with Crippen LogP contribution in [-0.4, -0.2) is 28.9 Å². The number of rotatable bonds is 4. The fraction of sp³-hybridized carbons (Fsp3) is 0.111. The lowest BCUT2D eigenvalue weighted by Gasteiger charge is -2.14. The van der Waals surface area contributed by atoms with Crippen LogP contribution in [0.1, 0.15) is 11.5 Å². The molecule has 0 N–H and O–H groups in total. The van der Waals surface area contributed by atoms with Crippen LogP contribution in [0.25, 0.3) is 39.0 Å². The standard InChI is InChI=1S/C27H20F2N6O/c1-16-19(14-30-35(16)17-8-4-3-5-9-17)26-32-23-13-21(29)20(28)12-18(23)27(36)34(26)15-25-31-22-10-6-7-11-24(22)33(25)2/h3-14H,15H2,1-2H3. The number of benzene rings is 3. The number of aromatic nitrogens is 6. The molecule has 0 radical (unpaired) electrons. The summed E-state index contributed by atoms with van der Waals surface area (Å²) in [5, 5.41) is 4.50. The topological polar surface area (TPSA) is 70.5 Å². The van der Waals surface area contributed by atoms with E-state index in [1.54, 1.807) is 10.9 Å². The van der Waals surface area contributed by atoms with Crippen LogP contribution in [0.2, 0.25) is 0 Å². The zero-order chi connectivity index (χ0) is 25.0. The van der Waals surface area contributed by atoms with Crippen molar-refractivity contribution in [2.75, 3.05) is 0 Å². The van der Waals surface area contributed by atoms with Crippen molar-refractivity contribution < 1.29 is 8.78 Å². The Kier molecular flexibility index (Phi) is 4.99. The van der Waals surface area contributed by atoms with Gasteiger partial charge >= 0.3 is 0 Å². The summed E-state index contributed by atoms with van der Waals surface area (Å²) in [7, 11) is 1.87. The van der Waals surface area contributed by atoms with Crippen molar-refractivity contribution in [3.05, 3.63) is 106 Å². The lowest BCUT2D eigenvalue weighted by atomic mass is 10.2. The van der Waals surface area contributed by atoms with Gasteiger partial charge in [-0.1, -0.05) is 30.3 Å². The van der Waals surface area contributed by atoms with Crippen molar-refractivity contribution in [1.29, 1.82) is 0 Å². The van der Waals surface area contributed by atoms with Gasteiger partial charge in [-0.05, 0) is 37.3 Å². The first kappa shape index (κ1) is 21.8. The van der Waals surface area contributed by atoms with Crippen LogP contribution in [0.5, 0.6) is 0 Å². The van der Waals surface area contributed by atoms with Gasteiger partial charge in [0, 0.05) is 13.1 Å². The Morgan fingerprint density at radius 2 is 1.61 bits per heavy atom. The summed E-state index contributed by atoms with van der Waals surface area (Å²) in [4.78, 5) is 23.0. The maximum absolute atomic E-state index is 14.1. The van der Waals surface area contributed by atoms with Gasteiger partial charge in [-0.3, -0.25) is 9.36 Å². The molecule has 3 aromatic carbocycles. The third kappa shape index (κ3) is 3.39. The van der Waals surface area contributed by atoms with Gasteiger partial charge in [-0.25, -0.2) is 23.4 Å². The van der Waals surface area contributed by atoms with Crippen molar-refractivity contribution in [3.8, 4) is 17.1 Å². The molecule has 6 aromatic rings. The number of nitrogens with zero attached hydrogens (tertiary/aromatic N) is 6. The van der Waals surface area contributed by atoms with E-state index in [0.717, 1.165) is 34.5 Å². The van der Waals surface area contributed by atoms with Crippen molar-refractivity contribution >= 4 is 21.9 Å². The van der Waals surface area contributed by atoms with E-state index in [9.17, 15) is 13.6 Å². The monoisotopic (exact) mass is 482 g/mol. The molecular formula is C27H20F2N6O. The van der Waals surface area contributed by atoms with Gasteiger partial charge in [0.25, 0.3) is 5.56 Å². The van der Waals surface area contributed by atoms with E-state index in [2.05, 4.69) is 10.1 Å². The maximum atomic E-state index is 14.1. The van der Waals surface area contributed by atoms with Crippen molar-refractivity contribution in [1.82, 2.24) is 28.9 Å². The number of halogens is 2. The van der Waals surface area contributed by atoms with Crippen LogP contribution in [0.15, 0.2) is 77.7 Å². The average Bonchev–Trinajstić information content (AvgIpc) is 3.42. The van der Waals surface area contributed by atoms with Crippen molar-refractivity contribution in [2.24, 2.45) is 7.05 Å². The molecular weight excluding hydrogens is 462 g/mol. The molecule has 0 amide bonds. The second kappa shape index (κ2) is 8.23. The first-order chi connectivity index (χ1) is 17.4. The molecule has 0 aliphatic carbocycles. The molecule has 0 saturated carbocycles. The zero-order valence-electron chi connectivity index (χ0n) is 19.5. The van der Waals surface area contributed by atoms with Crippen LogP contribution in [0, 0.1) is 18.6 Å². The van der Waals surface area contributed by atoms with E-state index in [0.29, 0.717) is 17.2 Å². The minimum Gasteiger partial charge on any atom is -0.330 e. The highest BCUT2D eigenvalue weighted by molar-refractivity contribution is 5.80. The van der Waals surface area contributed by atoms with Gasteiger partial charge in [0.1, 0.15) is 11.6 Å². The van der Waals surface area contributed by atoms with Crippen LogP contribution >= 0.6 is 0 Å². The van der Waals surface area contributed by atoms with Gasteiger partial charge in [0.15, 0.2) is 11.6 Å². The number of hydrogen-bond acceptors (Lipinski definition) is 4. The van der Waals surface area contributed by atoms with Crippen LogP contribution < -0.4 is 5.56 Å². The molecule has 7 nitrogen and oxygen atoms in total. The van der Waals surface area contributed by atoms with Gasteiger partial charge in [0.2, 0.25) is 0 Å². The quantitative estimate of drug-likeness (QED) is 0.363. The molecule has 178 valence electrons. The average molecular weight is 482 g/mol. The van der Waals surface area contributed by atoms with Crippen molar-refractivity contribution in [3.63, 3.8) is 0 Å². The van der Waals surface area contributed by atoms with Gasteiger partial charge in [0.05, 0.1) is 51.6 Å². The smallest absolute Gasteiger partial charge is 0.262 e. The highest BCUT2D eigenvalue weighted by Crippen LogP contribution is 2.26. The van der Waals surface area contributed by atoms with Crippen LogP contribution in [-0.2, 0) is 13.6 Å². The lowest BCUT2D eigenvalue weighted by Crippen LogP contribution is -2.25. The number of para-hydroxylation sites is 3. The number of aryl methyl sites for hydroxylation is 1. The van der Waals surface area contributed by atoms with E-state index in [1.165, 1.54) is 4.57 Å². The first-order valence-electron chi connectivity index (χ1n) is 11.3. The number of hydrogen-bond donors (Lipinski definition) is 0. The second-order valence-corrected chi connectivity index (χ2v) is 8.58. The van der Waals surface area contributed by atoms with E-state index in [4.69, 9.17) is 4.98 Å². The maximum Gasteiger partial charge on any atom is 0.262 e. The van der Waals surface area contributed by atoms with E-state index in [1.807, 2.05) is 73.1 Å². The highest BCUT2D eigenvalue weighted by atomic mass is 19.2. The summed E-state index contributed by atoms with van der Waals surface area (Å²) in [6.45, 7) is 1.95. The van der Waals surface area contributed by atoms with Crippen LogP contribution in [0.3, 0.4) is 0 Å². The Morgan fingerprint density at radius 1 is 0.889 bits per heavy atom. The molecule has 0 spiro atoms. The van der Waals surface area contributed by atoms with E-state index < -0.39 is 17.2 Å². The Hall–Kier alpha value is -4.66. The first-order valence-corrected chi connectivity index (χ1v) is 11.3. The molecule has 6 rings (SSSR count). The van der Waals surface area contributed by atoms with Crippen molar-refractivity contribution in [2.45, 2.75) is 13.5 Å². The molecule has 0 aliphatic rings. The fourth-order valence-corrected chi connectivity index (χ4v) is 4.51. The Bertz CT molecular complexity index is 1840. The SMILES string of the molecule is Cc1c(-c2nc3cc(F)c(F)cc3c(=O)n2Cc2nc3ccccc3n2C)cnn1-c1ccccc1. The predicted molar refractivity (Wildman–Crippen MR) is 133 cm³/mol. The van der Waals surface area contributed by atoms with Crippen LogP contribution in [0.4, 0.5) is 8.78 Å². The molecule has 0 fully saturated rings. The zero-order valence-corrected chi connectivity index (χ0v) is 19.5. The normalized spacial score (nSPS) is 11.6. The summed E-state index contributed by atoms with van der Waals surface area (Å²) in [6.07, 6.45) is 1.63. The third-order valence-electron chi connectivity index (χ3n) is 6.43. The molecule has 9 heteroatoms. The van der Waals surface area contributed by atoms with E-state index >= 15 is 0 Å². The summed E-state index contributed by atoms with van der Waals surface area (Å²) in [5.41, 5.74) is 3.47. The second-order valence-electron chi connectivity index (χ2n) is 8.58. The molecule has 36 heavy (non-hydrogen) atoms. The molecule has 3 aromatic heterocycles. The van der Waals surface area contributed by atoms with Gasteiger partial charge in [-0.2, -0.15) is 5.10 Å². The minimum absolute atomic E-state index is 0.00971. The lowest BCUT2D eigenvalue weighted by molar-refractivity contribution is 0.510. The predicted octanol–water partition coefficient (Wildman–Crippen LogP) is 4.77. The fourth-order valence-electron chi connectivity index (χ4n) is 4.51. The molecule has 0 bridgehead atoms. The number of fused-ring (bicyclic) bond motifs is 2. The summed E-state index contributed by atoms with van der Waals surface area (Å²) >= 11 is 0. The molecule has 0 saturated heterocycles. The third-order valence-corrected chi connectivity index (χ3v) is 6.43. The molecule has 3 heterocycles.